The standard InChI is InChI=1S/C15H15N3O2S/c1-21(19,20)15-5-3-2-4-12(15)10-18-14-8-13(16)7-6-11(14)9-17-18/h2-9H,10,16H2,1H3. The van der Waals surface area contributed by atoms with Gasteiger partial charge in [0.2, 0.25) is 0 Å². The molecule has 0 amide bonds. The number of fused-ring (bicyclic) bond motifs is 1. The molecule has 0 atom stereocenters. The molecule has 0 unspecified atom stereocenters. The van der Waals surface area contributed by atoms with Crippen LogP contribution in [0.15, 0.2) is 53.6 Å². The summed E-state index contributed by atoms with van der Waals surface area (Å²) in [7, 11) is -3.26. The van der Waals surface area contributed by atoms with Crippen LogP contribution in [0, 0.1) is 0 Å². The molecule has 108 valence electrons. The van der Waals surface area contributed by atoms with Crippen LogP contribution >= 0.6 is 0 Å². The van der Waals surface area contributed by atoms with Crippen LogP contribution in [0.25, 0.3) is 10.9 Å². The molecule has 0 radical (unpaired) electrons. The van der Waals surface area contributed by atoms with Crippen molar-refractivity contribution in [1.29, 1.82) is 0 Å². The fraction of sp³-hybridized carbons (Fsp3) is 0.133. The number of hydrogen-bond donors (Lipinski definition) is 1. The van der Waals surface area contributed by atoms with Gasteiger partial charge in [-0.3, -0.25) is 4.68 Å². The molecule has 0 bridgehead atoms. The van der Waals surface area contributed by atoms with Crippen molar-refractivity contribution in [2.24, 2.45) is 0 Å². The van der Waals surface area contributed by atoms with Crippen molar-refractivity contribution in [3.63, 3.8) is 0 Å². The van der Waals surface area contributed by atoms with Crippen LogP contribution in [0.5, 0.6) is 0 Å². The Bertz CT molecular complexity index is 914. The van der Waals surface area contributed by atoms with Gasteiger partial charge in [-0.1, -0.05) is 18.2 Å². The first kappa shape index (κ1) is 13.6. The van der Waals surface area contributed by atoms with E-state index in [0.29, 0.717) is 22.7 Å². The minimum Gasteiger partial charge on any atom is -0.399 e. The Balaban J connectivity index is 2.10. The van der Waals surface area contributed by atoms with Gasteiger partial charge in [-0.2, -0.15) is 5.10 Å². The first-order valence-electron chi connectivity index (χ1n) is 6.44. The molecule has 2 aromatic carbocycles. The highest BCUT2D eigenvalue weighted by Gasteiger charge is 2.14. The van der Waals surface area contributed by atoms with Crippen LogP contribution in [0.4, 0.5) is 5.69 Å². The van der Waals surface area contributed by atoms with Gasteiger partial charge in [0.15, 0.2) is 9.84 Å². The molecule has 1 heterocycles. The van der Waals surface area contributed by atoms with Crippen LogP contribution in [0.1, 0.15) is 5.56 Å². The highest BCUT2D eigenvalue weighted by Crippen LogP contribution is 2.21. The van der Waals surface area contributed by atoms with Crippen molar-refractivity contribution in [3.05, 3.63) is 54.2 Å². The molecule has 1 aromatic heterocycles. The maximum atomic E-state index is 11.9. The lowest BCUT2D eigenvalue weighted by molar-refractivity contribution is 0.599. The van der Waals surface area contributed by atoms with Gasteiger partial charge in [-0.25, -0.2) is 8.42 Å². The van der Waals surface area contributed by atoms with E-state index in [1.165, 1.54) is 6.26 Å². The van der Waals surface area contributed by atoms with Crippen molar-refractivity contribution in [2.45, 2.75) is 11.4 Å². The van der Waals surface area contributed by atoms with E-state index in [9.17, 15) is 8.42 Å². The van der Waals surface area contributed by atoms with Gasteiger partial charge >= 0.3 is 0 Å². The van der Waals surface area contributed by atoms with Crippen LogP contribution < -0.4 is 5.73 Å². The summed E-state index contributed by atoms with van der Waals surface area (Å²) >= 11 is 0. The number of anilines is 1. The monoisotopic (exact) mass is 301 g/mol. The maximum absolute atomic E-state index is 11.9. The quantitative estimate of drug-likeness (QED) is 0.751. The number of benzene rings is 2. The van der Waals surface area contributed by atoms with Crippen molar-refractivity contribution in [1.82, 2.24) is 9.78 Å². The third-order valence-corrected chi connectivity index (χ3v) is 4.56. The molecule has 0 aliphatic carbocycles. The number of sulfone groups is 1. The first-order valence-corrected chi connectivity index (χ1v) is 8.33. The molecular weight excluding hydrogens is 286 g/mol. The Morgan fingerprint density at radius 1 is 1.19 bits per heavy atom. The molecular formula is C15H15N3O2S. The van der Waals surface area contributed by atoms with Crippen LogP contribution in [-0.4, -0.2) is 24.5 Å². The molecule has 6 heteroatoms. The Labute approximate surface area is 122 Å². The van der Waals surface area contributed by atoms with Crippen molar-refractivity contribution in [2.75, 3.05) is 12.0 Å². The van der Waals surface area contributed by atoms with E-state index in [0.717, 1.165) is 10.9 Å². The predicted molar refractivity (Wildman–Crippen MR) is 82.8 cm³/mol. The Morgan fingerprint density at radius 2 is 1.95 bits per heavy atom. The van der Waals surface area contributed by atoms with Gasteiger partial charge in [0.1, 0.15) is 0 Å². The Hall–Kier alpha value is -2.34. The number of nitrogen functional groups attached to an aromatic ring is 1. The lowest BCUT2D eigenvalue weighted by Crippen LogP contribution is -2.08. The van der Waals surface area contributed by atoms with Gasteiger partial charge in [0.05, 0.1) is 23.2 Å². The molecule has 21 heavy (non-hydrogen) atoms. The second-order valence-corrected chi connectivity index (χ2v) is 6.98. The molecule has 3 aromatic rings. The topological polar surface area (TPSA) is 78.0 Å². The molecule has 0 spiro atoms. The highest BCUT2D eigenvalue weighted by molar-refractivity contribution is 7.90. The third-order valence-electron chi connectivity index (χ3n) is 3.36. The summed E-state index contributed by atoms with van der Waals surface area (Å²) in [5.41, 5.74) is 8.06. The summed E-state index contributed by atoms with van der Waals surface area (Å²) in [5.74, 6) is 0. The third kappa shape index (κ3) is 2.62. The van der Waals surface area contributed by atoms with Gasteiger partial charge < -0.3 is 5.73 Å². The number of nitrogens with two attached hydrogens (primary N) is 1. The van der Waals surface area contributed by atoms with Crippen LogP contribution in [0.3, 0.4) is 0 Å². The van der Waals surface area contributed by atoms with Gasteiger partial charge in [0, 0.05) is 17.3 Å². The van der Waals surface area contributed by atoms with E-state index in [-0.39, 0.29) is 0 Å². The minimum absolute atomic E-state index is 0.331. The normalized spacial score (nSPS) is 11.9. The molecule has 0 saturated carbocycles. The zero-order valence-corrected chi connectivity index (χ0v) is 12.3. The van der Waals surface area contributed by atoms with Crippen molar-refractivity contribution in [3.8, 4) is 0 Å². The molecule has 3 rings (SSSR count). The van der Waals surface area contributed by atoms with Crippen molar-refractivity contribution < 1.29 is 8.42 Å². The zero-order valence-electron chi connectivity index (χ0n) is 11.5. The van der Waals surface area contributed by atoms with Crippen LogP contribution in [-0.2, 0) is 16.4 Å². The fourth-order valence-electron chi connectivity index (χ4n) is 2.37. The first-order chi connectivity index (χ1) is 9.95. The Kier molecular flexibility index (Phi) is 3.17. The second-order valence-electron chi connectivity index (χ2n) is 5.00. The van der Waals surface area contributed by atoms with Crippen LogP contribution in [0.2, 0.25) is 0 Å². The number of rotatable bonds is 3. The van der Waals surface area contributed by atoms with Gasteiger partial charge in [-0.05, 0) is 29.8 Å². The lowest BCUT2D eigenvalue weighted by atomic mass is 10.2. The molecule has 0 saturated heterocycles. The molecule has 5 nitrogen and oxygen atoms in total. The average Bonchev–Trinajstić information content (AvgIpc) is 2.81. The largest absolute Gasteiger partial charge is 0.399 e. The SMILES string of the molecule is CS(=O)(=O)c1ccccc1Cn1ncc2ccc(N)cc21. The van der Waals surface area contributed by atoms with E-state index in [1.54, 1.807) is 29.1 Å². The summed E-state index contributed by atoms with van der Waals surface area (Å²) in [4.78, 5) is 0.331. The molecule has 0 fully saturated rings. The van der Waals surface area contributed by atoms with E-state index in [1.807, 2.05) is 24.3 Å². The summed E-state index contributed by atoms with van der Waals surface area (Å²) in [6.07, 6.45) is 2.96. The number of aromatic nitrogens is 2. The van der Waals surface area contributed by atoms with Crippen molar-refractivity contribution >= 4 is 26.4 Å². The lowest BCUT2D eigenvalue weighted by Gasteiger charge is -2.09. The Morgan fingerprint density at radius 3 is 2.71 bits per heavy atom. The average molecular weight is 301 g/mol. The zero-order chi connectivity index (χ0) is 15.0. The minimum atomic E-state index is -3.26. The molecule has 0 aliphatic heterocycles. The fourth-order valence-corrected chi connectivity index (χ4v) is 3.31. The summed E-state index contributed by atoms with van der Waals surface area (Å²) in [6.45, 7) is 0.385. The number of hydrogen-bond acceptors (Lipinski definition) is 4. The summed E-state index contributed by atoms with van der Waals surface area (Å²) in [5, 5.41) is 5.29. The summed E-state index contributed by atoms with van der Waals surface area (Å²) in [6, 6.07) is 12.5. The van der Waals surface area contributed by atoms with E-state index < -0.39 is 9.84 Å². The van der Waals surface area contributed by atoms with E-state index in [2.05, 4.69) is 5.10 Å². The maximum Gasteiger partial charge on any atom is 0.175 e. The van der Waals surface area contributed by atoms with Gasteiger partial charge in [0.25, 0.3) is 0 Å². The molecule has 2 N–H and O–H groups in total. The second kappa shape index (κ2) is 4.89. The van der Waals surface area contributed by atoms with Gasteiger partial charge in [-0.15, -0.1) is 0 Å². The number of nitrogens with zero attached hydrogens (tertiary/aromatic N) is 2. The summed E-state index contributed by atoms with van der Waals surface area (Å²) < 4.78 is 25.5. The highest BCUT2D eigenvalue weighted by atomic mass is 32.2. The van der Waals surface area contributed by atoms with E-state index in [4.69, 9.17) is 5.73 Å². The van der Waals surface area contributed by atoms with E-state index >= 15 is 0 Å². The smallest absolute Gasteiger partial charge is 0.175 e. The molecule has 0 aliphatic rings. The predicted octanol–water partition coefficient (Wildman–Crippen LogP) is 2.07.